The quantitative estimate of drug-likeness (QED) is 0.734. The second kappa shape index (κ2) is 6.84. The lowest BCUT2D eigenvalue weighted by atomic mass is 9.90. The first kappa shape index (κ1) is 16.5. The number of hydrogen-bond donors (Lipinski definition) is 1. The molecule has 0 bridgehead atoms. The minimum absolute atomic E-state index is 0.171. The Bertz CT molecular complexity index is 957. The summed E-state index contributed by atoms with van der Waals surface area (Å²) in [5, 5.41) is 0. The fraction of sp³-hybridized carbons (Fsp3) is 0.391. The van der Waals surface area contributed by atoms with E-state index in [1.54, 1.807) is 0 Å². The van der Waals surface area contributed by atoms with E-state index in [2.05, 4.69) is 23.2 Å². The first-order valence-corrected chi connectivity index (χ1v) is 10.1. The molecule has 1 N–H and O–H groups in total. The summed E-state index contributed by atoms with van der Waals surface area (Å²) in [6.45, 7) is 1.59. The Morgan fingerprint density at radius 3 is 2.78 bits per heavy atom. The van der Waals surface area contributed by atoms with Crippen LogP contribution in [0.5, 0.6) is 0 Å². The molecule has 0 saturated carbocycles. The number of H-pyrrole nitrogens is 1. The van der Waals surface area contributed by atoms with Crippen molar-refractivity contribution in [2.45, 2.75) is 44.4 Å². The van der Waals surface area contributed by atoms with Crippen LogP contribution in [-0.2, 0) is 12.8 Å². The van der Waals surface area contributed by atoms with Gasteiger partial charge < -0.3 is 9.88 Å². The first-order valence-electron chi connectivity index (χ1n) is 10.1. The summed E-state index contributed by atoms with van der Waals surface area (Å²) in [6.07, 6.45) is 6.87. The third-order valence-corrected chi connectivity index (χ3v) is 6.10. The number of nitrogens with zero attached hydrogens (tertiary/aromatic N) is 2. The maximum absolute atomic E-state index is 13.1. The summed E-state index contributed by atoms with van der Waals surface area (Å²) in [5.74, 6) is 1.47. The summed E-state index contributed by atoms with van der Waals surface area (Å²) >= 11 is 0. The van der Waals surface area contributed by atoms with Crippen LogP contribution in [0.3, 0.4) is 0 Å². The third-order valence-electron chi connectivity index (χ3n) is 6.10. The Labute approximate surface area is 159 Å². The molecule has 1 fully saturated rings. The van der Waals surface area contributed by atoms with E-state index < -0.39 is 0 Å². The highest BCUT2D eigenvalue weighted by Gasteiger charge is 2.27. The fourth-order valence-corrected chi connectivity index (χ4v) is 4.60. The number of rotatable bonds is 2. The highest BCUT2D eigenvalue weighted by Crippen LogP contribution is 2.28. The Hall–Kier alpha value is -2.62. The second-order valence-electron chi connectivity index (χ2n) is 7.92. The normalized spacial score (nSPS) is 19.9. The van der Waals surface area contributed by atoms with Gasteiger partial charge in [0.1, 0.15) is 5.82 Å². The Kier molecular flexibility index (Phi) is 4.19. The Morgan fingerprint density at radius 2 is 1.89 bits per heavy atom. The Balaban J connectivity index is 1.36. The smallest absolute Gasteiger partial charge is 0.253 e. The molecule has 1 aliphatic heterocycles. The van der Waals surface area contributed by atoms with E-state index in [-0.39, 0.29) is 11.8 Å². The molecule has 1 saturated heterocycles. The van der Waals surface area contributed by atoms with E-state index in [4.69, 9.17) is 4.98 Å². The van der Waals surface area contributed by atoms with Gasteiger partial charge in [0.05, 0.1) is 11.0 Å². The van der Waals surface area contributed by atoms with E-state index >= 15 is 0 Å². The molecule has 1 aliphatic carbocycles. The number of imidazole rings is 1. The van der Waals surface area contributed by atoms with Gasteiger partial charge in [-0.05, 0) is 73.9 Å². The van der Waals surface area contributed by atoms with Gasteiger partial charge in [0.2, 0.25) is 0 Å². The Morgan fingerprint density at radius 1 is 1.04 bits per heavy atom. The van der Waals surface area contributed by atoms with E-state index in [1.807, 2.05) is 29.2 Å². The van der Waals surface area contributed by atoms with Crippen molar-refractivity contribution >= 4 is 16.9 Å². The van der Waals surface area contributed by atoms with Gasteiger partial charge in [-0.2, -0.15) is 0 Å². The lowest BCUT2D eigenvalue weighted by Crippen LogP contribution is -2.39. The molecule has 1 unspecified atom stereocenters. The number of aromatic amines is 1. The van der Waals surface area contributed by atoms with Gasteiger partial charge in [-0.3, -0.25) is 4.79 Å². The minimum atomic E-state index is 0.171. The highest BCUT2D eigenvalue weighted by molar-refractivity contribution is 5.94. The van der Waals surface area contributed by atoms with E-state index in [9.17, 15) is 4.79 Å². The van der Waals surface area contributed by atoms with Crippen LogP contribution in [0.2, 0.25) is 0 Å². The number of benzene rings is 2. The number of carbonyl (C=O) groups excluding carboxylic acids is 1. The number of likely N-dealkylation sites (tertiary alicyclic amines) is 1. The summed E-state index contributed by atoms with van der Waals surface area (Å²) in [4.78, 5) is 23.4. The van der Waals surface area contributed by atoms with Crippen molar-refractivity contribution in [1.82, 2.24) is 14.9 Å². The maximum Gasteiger partial charge on any atom is 0.253 e. The number of amides is 1. The minimum Gasteiger partial charge on any atom is -0.342 e. The molecule has 3 aromatic rings. The molecule has 2 heterocycles. The predicted molar refractivity (Wildman–Crippen MR) is 107 cm³/mol. The molecule has 0 spiro atoms. The van der Waals surface area contributed by atoms with Crippen LogP contribution in [0.4, 0.5) is 0 Å². The molecule has 4 heteroatoms. The topological polar surface area (TPSA) is 49.0 Å². The molecule has 1 aromatic heterocycles. The monoisotopic (exact) mass is 359 g/mol. The maximum atomic E-state index is 13.1. The van der Waals surface area contributed by atoms with Crippen molar-refractivity contribution in [1.29, 1.82) is 0 Å². The standard InChI is InChI=1S/C23H25N3O/c27-23(18-12-11-16-6-1-2-7-17(16)14-18)26-13-5-8-19(15-26)22-24-20-9-3-4-10-21(20)25-22/h3-4,9-12,14,19H,1-2,5-8,13,15H2,(H,24,25). The van der Waals surface area contributed by atoms with Crippen molar-refractivity contribution in [2.24, 2.45) is 0 Å². The van der Waals surface area contributed by atoms with Gasteiger partial charge in [0.25, 0.3) is 5.91 Å². The SMILES string of the molecule is O=C(c1ccc2c(c1)CCCC2)N1CCCC(c2nc3ccccc3[nH]2)C1. The molecule has 2 aliphatic rings. The third kappa shape index (κ3) is 3.14. The summed E-state index contributed by atoms with van der Waals surface area (Å²) < 4.78 is 0. The summed E-state index contributed by atoms with van der Waals surface area (Å²) in [6, 6.07) is 14.5. The molecule has 1 amide bonds. The number of fused-ring (bicyclic) bond motifs is 2. The van der Waals surface area contributed by atoms with Crippen LogP contribution in [0, 0.1) is 0 Å². The lowest BCUT2D eigenvalue weighted by molar-refractivity contribution is 0.0704. The van der Waals surface area contributed by atoms with Crippen LogP contribution >= 0.6 is 0 Å². The van der Waals surface area contributed by atoms with Gasteiger partial charge in [-0.25, -0.2) is 4.98 Å². The second-order valence-corrected chi connectivity index (χ2v) is 7.92. The van der Waals surface area contributed by atoms with E-state index in [1.165, 1.54) is 24.0 Å². The van der Waals surface area contributed by atoms with Crippen LogP contribution < -0.4 is 0 Å². The number of carbonyl (C=O) groups is 1. The number of aryl methyl sites for hydroxylation is 2. The lowest BCUT2D eigenvalue weighted by Gasteiger charge is -2.32. The fourth-order valence-electron chi connectivity index (χ4n) is 4.60. The van der Waals surface area contributed by atoms with Gasteiger partial charge in [-0.1, -0.05) is 18.2 Å². The van der Waals surface area contributed by atoms with E-state index in [0.717, 1.165) is 61.2 Å². The molecule has 4 nitrogen and oxygen atoms in total. The van der Waals surface area contributed by atoms with Crippen molar-refractivity contribution in [3.8, 4) is 0 Å². The number of para-hydroxylation sites is 2. The molecule has 1 atom stereocenters. The number of nitrogens with one attached hydrogen (secondary N) is 1. The van der Waals surface area contributed by atoms with Gasteiger partial charge >= 0.3 is 0 Å². The number of hydrogen-bond acceptors (Lipinski definition) is 2. The number of aromatic nitrogens is 2. The largest absolute Gasteiger partial charge is 0.342 e. The molecular weight excluding hydrogens is 334 g/mol. The summed E-state index contributed by atoms with van der Waals surface area (Å²) in [7, 11) is 0. The van der Waals surface area contributed by atoms with Crippen LogP contribution in [0.25, 0.3) is 11.0 Å². The van der Waals surface area contributed by atoms with Crippen molar-refractivity contribution in [3.63, 3.8) is 0 Å². The average molecular weight is 359 g/mol. The predicted octanol–water partition coefficient (Wildman–Crippen LogP) is 4.46. The van der Waals surface area contributed by atoms with Crippen LogP contribution in [0.15, 0.2) is 42.5 Å². The molecule has 27 heavy (non-hydrogen) atoms. The van der Waals surface area contributed by atoms with Crippen LogP contribution in [-0.4, -0.2) is 33.9 Å². The zero-order valence-electron chi connectivity index (χ0n) is 15.6. The molecule has 5 rings (SSSR count). The van der Waals surface area contributed by atoms with E-state index in [0.29, 0.717) is 0 Å². The van der Waals surface area contributed by atoms with Gasteiger partial charge in [-0.15, -0.1) is 0 Å². The molecule has 138 valence electrons. The first-order chi connectivity index (χ1) is 13.3. The summed E-state index contributed by atoms with van der Waals surface area (Å²) in [5.41, 5.74) is 5.73. The molecule has 2 aromatic carbocycles. The zero-order valence-corrected chi connectivity index (χ0v) is 15.6. The number of piperidine rings is 1. The highest BCUT2D eigenvalue weighted by atomic mass is 16.2. The average Bonchev–Trinajstić information content (AvgIpc) is 3.17. The van der Waals surface area contributed by atoms with Crippen molar-refractivity contribution < 1.29 is 4.79 Å². The van der Waals surface area contributed by atoms with Crippen molar-refractivity contribution in [2.75, 3.05) is 13.1 Å². The zero-order chi connectivity index (χ0) is 18.2. The van der Waals surface area contributed by atoms with Gasteiger partial charge in [0.15, 0.2) is 0 Å². The van der Waals surface area contributed by atoms with Crippen LogP contribution in [0.1, 0.15) is 58.9 Å². The molecular formula is C23H25N3O. The van der Waals surface area contributed by atoms with Gasteiger partial charge in [0, 0.05) is 24.6 Å². The van der Waals surface area contributed by atoms with Crippen molar-refractivity contribution in [3.05, 3.63) is 65.0 Å². The molecule has 0 radical (unpaired) electrons.